The molecule has 11 rings (SSSR count). The monoisotopic (exact) mass is 693 g/mol. The Kier molecular flexibility index (Phi) is 6.53. The lowest BCUT2D eigenvalue weighted by Crippen LogP contribution is -2.15. The van der Waals surface area contributed by atoms with E-state index in [1.165, 1.54) is 97.6 Å². The van der Waals surface area contributed by atoms with E-state index in [4.69, 9.17) is 0 Å². The van der Waals surface area contributed by atoms with E-state index in [9.17, 15) is 0 Å². The minimum absolute atomic E-state index is 0.102. The Labute approximate surface area is 313 Å². The van der Waals surface area contributed by atoms with Crippen LogP contribution in [0.1, 0.15) is 25.0 Å². The highest BCUT2D eigenvalue weighted by Crippen LogP contribution is 2.52. The molecule has 10 aromatic rings. The van der Waals surface area contributed by atoms with Crippen molar-refractivity contribution in [2.45, 2.75) is 19.3 Å². The molecule has 2 heterocycles. The number of fused-ring (bicyclic) bond motifs is 9. The summed E-state index contributed by atoms with van der Waals surface area (Å²) in [5.41, 5.74) is 16.4. The van der Waals surface area contributed by atoms with Crippen molar-refractivity contribution in [3.63, 3.8) is 0 Å². The molecule has 0 bridgehead atoms. The molecule has 2 heteroatoms. The summed E-state index contributed by atoms with van der Waals surface area (Å²) in [6.07, 6.45) is 0. The van der Waals surface area contributed by atoms with E-state index in [0.717, 1.165) is 5.69 Å². The van der Waals surface area contributed by atoms with Crippen molar-refractivity contribution < 1.29 is 0 Å². The summed E-state index contributed by atoms with van der Waals surface area (Å²) in [5, 5.41) is 5.25. The molecule has 1 aliphatic carbocycles. The van der Waals surface area contributed by atoms with E-state index in [-0.39, 0.29) is 5.41 Å². The van der Waals surface area contributed by atoms with Gasteiger partial charge in [0.1, 0.15) is 0 Å². The zero-order valence-corrected chi connectivity index (χ0v) is 30.4. The second-order valence-electron chi connectivity index (χ2n) is 15.0. The van der Waals surface area contributed by atoms with Gasteiger partial charge in [0, 0.05) is 42.0 Å². The highest BCUT2D eigenvalue weighted by Gasteiger charge is 2.36. The lowest BCUT2D eigenvalue weighted by atomic mass is 9.81. The largest absolute Gasteiger partial charge is 0.309 e. The lowest BCUT2D eigenvalue weighted by molar-refractivity contribution is 0.661. The predicted octanol–water partition coefficient (Wildman–Crippen LogP) is 14.5. The van der Waals surface area contributed by atoms with Crippen LogP contribution in [0.3, 0.4) is 0 Å². The van der Waals surface area contributed by atoms with E-state index in [1.54, 1.807) is 0 Å². The van der Waals surface area contributed by atoms with Crippen LogP contribution in [0.25, 0.3) is 92.2 Å². The lowest BCUT2D eigenvalue weighted by Gasteiger charge is -2.22. The van der Waals surface area contributed by atoms with Crippen molar-refractivity contribution in [3.8, 4) is 50.2 Å². The van der Waals surface area contributed by atoms with Gasteiger partial charge in [-0.1, -0.05) is 129 Å². The van der Waals surface area contributed by atoms with Gasteiger partial charge in [-0.2, -0.15) is 0 Å². The number of rotatable bonds is 4. The van der Waals surface area contributed by atoms with Crippen LogP contribution in [-0.2, 0) is 5.41 Å². The van der Waals surface area contributed by atoms with Crippen molar-refractivity contribution in [1.29, 1.82) is 0 Å². The van der Waals surface area contributed by atoms with Gasteiger partial charge in [0.2, 0.25) is 0 Å². The summed E-state index contributed by atoms with van der Waals surface area (Å²) < 4.78 is 5.17. The van der Waals surface area contributed by atoms with Crippen LogP contribution in [0.15, 0.2) is 176 Å². The zero-order valence-electron chi connectivity index (χ0n) is 29.6. The number of thiophene rings is 1. The molecule has 0 amide bonds. The maximum Gasteiger partial charge on any atom is 0.0541 e. The van der Waals surface area contributed by atoms with Gasteiger partial charge < -0.3 is 4.57 Å². The highest BCUT2D eigenvalue weighted by atomic mass is 32.1. The summed E-state index contributed by atoms with van der Waals surface area (Å²) >= 11 is 1.90. The minimum Gasteiger partial charge on any atom is -0.309 e. The molecule has 1 aliphatic rings. The van der Waals surface area contributed by atoms with Gasteiger partial charge in [0.05, 0.1) is 11.0 Å². The summed E-state index contributed by atoms with van der Waals surface area (Å²) in [7, 11) is 0. The standard InChI is InChI=1S/C51H35NS/c1-51(2)45-29-37(20-23-39(45)41-31-50-44(30-46(41)51)40-18-9-10-19-49(40)53-50)34-16-11-17-38(26-34)52-47-24-21-35(32-12-5-3-6-13-32)27-42(47)43-28-36(22-25-48(43)52)33-14-7-4-8-15-33/h3-31H,1-2H3. The number of hydrogen-bond donors (Lipinski definition) is 0. The van der Waals surface area contributed by atoms with Crippen LogP contribution in [0.4, 0.5) is 0 Å². The smallest absolute Gasteiger partial charge is 0.0541 e. The second kappa shape index (κ2) is 11.4. The molecule has 8 aromatic carbocycles. The molecular formula is C51H35NS. The average molecular weight is 694 g/mol. The van der Waals surface area contributed by atoms with E-state index in [0.29, 0.717) is 0 Å². The maximum atomic E-state index is 2.47. The fraction of sp³-hybridized carbons (Fsp3) is 0.0588. The van der Waals surface area contributed by atoms with Crippen molar-refractivity contribution in [2.24, 2.45) is 0 Å². The van der Waals surface area contributed by atoms with Gasteiger partial charge in [0.25, 0.3) is 0 Å². The molecule has 0 aliphatic heterocycles. The Balaban J connectivity index is 1.05. The normalized spacial score (nSPS) is 13.2. The molecule has 0 saturated heterocycles. The first kappa shape index (κ1) is 30.4. The third kappa shape index (κ3) is 4.62. The Hall–Kier alpha value is -6.22. The predicted molar refractivity (Wildman–Crippen MR) is 228 cm³/mol. The average Bonchev–Trinajstić information content (AvgIpc) is 3.82. The Morgan fingerprint density at radius 1 is 0.377 bits per heavy atom. The van der Waals surface area contributed by atoms with E-state index >= 15 is 0 Å². The molecule has 0 saturated carbocycles. The molecule has 0 N–H and O–H groups in total. The fourth-order valence-corrected chi connectivity index (χ4v) is 10.0. The van der Waals surface area contributed by atoms with Crippen LogP contribution in [0, 0.1) is 0 Å². The van der Waals surface area contributed by atoms with Crippen LogP contribution in [0.5, 0.6) is 0 Å². The van der Waals surface area contributed by atoms with Gasteiger partial charge in [-0.3, -0.25) is 0 Å². The molecule has 0 unspecified atom stereocenters. The number of hydrogen-bond acceptors (Lipinski definition) is 1. The number of nitrogens with zero attached hydrogens (tertiary/aromatic N) is 1. The molecule has 0 spiro atoms. The highest BCUT2D eigenvalue weighted by molar-refractivity contribution is 7.25. The van der Waals surface area contributed by atoms with Gasteiger partial charge >= 0.3 is 0 Å². The topological polar surface area (TPSA) is 4.93 Å². The maximum absolute atomic E-state index is 2.47. The van der Waals surface area contributed by atoms with Gasteiger partial charge in [-0.15, -0.1) is 11.3 Å². The summed E-state index contributed by atoms with van der Waals surface area (Å²) in [4.78, 5) is 0. The molecule has 250 valence electrons. The Morgan fingerprint density at radius 3 is 1.64 bits per heavy atom. The van der Waals surface area contributed by atoms with E-state index in [1.807, 2.05) is 11.3 Å². The van der Waals surface area contributed by atoms with Crippen molar-refractivity contribution >= 4 is 53.3 Å². The van der Waals surface area contributed by atoms with Crippen LogP contribution < -0.4 is 0 Å². The number of aromatic nitrogens is 1. The number of benzene rings is 8. The van der Waals surface area contributed by atoms with E-state index < -0.39 is 0 Å². The first-order valence-electron chi connectivity index (χ1n) is 18.4. The first-order chi connectivity index (χ1) is 26.0. The summed E-state index contributed by atoms with van der Waals surface area (Å²) in [6.45, 7) is 4.79. The van der Waals surface area contributed by atoms with Gasteiger partial charge in [0.15, 0.2) is 0 Å². The summed E-state index contributed by atoms with van der Waals surface area (Å²) in [6, 6.07) is 65.2. The third-order valence-electron chi connectivity index (χ3n) is 11.6. The van der Waals surface area contributed by atoms with Crippen molar-refractivity contribution in [2.75, 3.05) is 0 Å². The van der Waals surface area contributed by atoms with Crippen molar-refractivity contribution in [3.05, 3.63) is 187 Å². The molecular weight excluding hydrogens is 659 g/mol. The molecule has 1 nitrogen and oxygen atoms in total. The van der Waals surface area contributed by atoms with Gasteiger partial charge in [-0.25, -0.2) is 0 Å². The molecule has 53 heavy (non-hydrogen) atoms. The zero-order chi connectivity index (χ0) is 35.3. The second-order valence-corrected chi connectivity index (χ2v) is 16.0. The van der Waals surface area contributed by atoms with Crippen molar-refractivity contribution in [1.82, 2.24) is 4.57 Å². The molecule has 0 atom stereocenters. The quantitative estimate of drug-likeness (QED) is 0.173. The third-order valence-corrected chi connectivity index (χ3v) is 12.7. The Bertz CT molecular complexity index is 2970. The Morgan fingerprint density at radius 2 is 0.943 bits per heavy atom. The fourth-order valence-electron chi connectivity index (χ4n) is 8.88. The summed E-state index contributed by atoms with van der Waals surface area (Å²) in [5.74, 6) is 0. The van der Waals surface area contributed by atoms with Crippen LogP contribution >= 0.6 is 11.3 Å². The molecule has 0 radical (unpaired) electrons. The van der Waals surface area contributed by atoms with Crippen LogP contribution in [-0.4, -0.2) is 4.57 Å². The SMILES string of the molecule is CC1(C)c2cc(-c3cccc(-n4c5ccc(-c6ccccc6)cc5c5cc(-c6ccccc6)ccc54)c3)ccc2-c2cc3sc4ccccc4c3cc21. The van der Waals surface area contributed by atoms with E-state index in [2.05, 4.69) is 194 Å². The molecule has 0 fully saturated rings. The van der Waals surface area contributed by atoms with Crippen LogP contribution in [0.2, 0.25) is 0 Å². The minimum atomic E-state index is -0.102. The first-order valence-corrected chi connectivity index (χ1v) is 19.2. The van der Waals surface area contributed by atoms with Gasteiger partial charge in [-0.05, 0) is 116 Å². The molecule has 2 aromatic heterocycles.